The van der Waals surface area contributed by atoms with Gasteiger partial charge in [-0.3, -0.25) is 0 Å². The van der Waals surface area contributed by atoms with Crippen LogP contribution in [0.5, 0.6) is 0 Å². The number of carboxylic acids is 2. The lowest BCUT2D eigenvalue weighted by Gasteiger charge is -2.17. The van der Waals surface area contributed by atoms with Crippen LogP contribution in [0.3, 0.4) is 0 Å². The predicted octanol–water partition coefficient (Wildman–Crippen LogP) is 3.27. The Labute approximate surface area is 158 Å². The van der Waals surface area contributed by atoms with Crippen LogP contribution in [-0.4, -0.2) is 59.9 Å². The number of benzene rings is 1. The number of nitrogens with zero attached hydrogens (tertiary/aromatic N) is 1. The van der Waals surface area contributed by atoms with Gasteiger partial charge in [0.05, 0.1) is 13.2 Å². The molecule has 2 aromatic rings. The van der Waals surface area contributed by atoms with Crippen molar-refractivity contribution in [1.82, 2.24) is 4.90 Å². The van der Waals surface area contributed by atoms with Crippen LogP contribution in [0.4, 0.5) is 0 Å². The molecule has 2 N–H and O–H groups in total. The molecule has 0 unspecified atom stereocenters. The van der Waals surface area contributed by atoms with Gasteiger partial charge in [0.1, 0.15) is 0 Å². The van der Waals surface area contributed by atoms with Gasteiger partial charge in [-0.25, -0.2) is 9.59 Å². The first-order valence-corrected chi connectivity index (χ1v) is 9.44. The molecule has 0 spiro atoms. The molecule has 0 aliphatic rings. The molecule has 1 aromatic heterocycles. The van der Waals surface area contributed by atoms with Crippen molar-refractivity contribution in [2.45, 2.75) is 27.2 Å². The minimum atomic E-state index is -1.82. The van der Waals surface area contributed by atoms with Crippen molar-refractivity contribution < 1.29 is 24.5 Å². The van der Waals surface area contributed by atoms with Gasteiger partial charge >= 0.3 is 11.9 Å². The third kappa shape index (κ3) is 7.95. The summed E-state index contributed by atoms with van der Waals surface area (Å²) < 4.78 is 7.13. The zero-order chi connectivity index (χ0) is 19.5. The molecule has 0 fully saturated rings. The second kappa shape index (κ2) is 11.6. The summed E-state index contributed by atoms with van der Waals surface area (Å²) in [5, 5.41) is 16.2. The molecule has 144 valence electrons. The highest BCUT2D eigenvalue weighted by Gasteiger charge is 2.04. The quantitative estimate of drug-likeness (QED) is 0.539. The summed E-state index contributed by atoms with van der Waals surface area (Å²) in [6.07, 6.45) is 1.00. The molecule has 2 rings (SSSR count). The van der Waals surface area contributed by atoms with E-state index in [-0.39, 0.29) is 0 Å². The number of aryl methyl sites for hydroxylation is 1. The lowest BCUT2D eigenvalue weighted by Crippen LogP contribution is -2.27. The second-order valence-electron chi connectivity index (χ2n) is 5.73. The van der Waals surface area contributed by atoms with Crippen LogP contribution in [-0.2, 0) is 20.7 Å². The van der Waals surface area contributed by atoms with Gasteiger partial charge < -0.3 is 19.8 Å². The molecule has 26 heavy (non-hydrogen) atoms. The Balaban J connectivity index is 0.000000487. The van der Waals surface area contributed by atoms with Crippen LogP contribution in [0, 0.1) is 6.92 Å². The molecule has 0 aliphatic carbocycles. The lowest BCUT2D eigenvalue weighted by molar-refractivity contribution is -0.159. The number of rotatable bonds is 8. The van der Waals surface area contributed by atoms with Crippen molar-refractivity contribution in [1.29, 1.82) is 0 Å². The maximum atomic E-state index is 9.10. The Morgan fingerprint density at radius 1 is 1.08 bits per heavy atom. The summed E-state index contributed by atoms with van der Waals surface area (Å²) in [4.78, 5) is 22.0. The molecule has 0 aliphatic heterocycles. The molecule has 1 aromatic carbocycles. The molecule has 0 saturated heterocycles. The fourth-order valence-electron chi connectivity index (χ4n) is 2.41. The highest BCUT2D eigenvalue weighted by Crippen LogP contribution is 2.25. The summed E-state index contributed by atoms with van der Waals surface area (Å²) in [6.45, 7) is 11.5. The smallest absolute Gasteiger partial charge is 0.414 e. The fraction of sp³-hybridized carbons (Fsp3) is 0.474. The van der Waals surface area contributed by atoms with Crippen LogP contribution < -0.4 is 0 Å². The van der Waals surface area contributed by atoms with Gasteiger partial charge in [0.2, 0.25) is 0 Å². The van der Waals surface area contributed by atoms with Crippen molar-refractivity contribution in [3.05, 3.63) is 34.7 Å². The monoisotopic (exact) mass is 381 g/mol. The molecule has 0 radical (unpaired) electrons. The van der Waals surface area contributed by atoms with E-state index in [9.17, 15) is 0 Å². The number of carboxylic acid groups (broad SMARTS) is 2. The Morgan fingerprint density at radius 2 is 1.73 bits per heavy atom. The maximum absolute atomic E-state index is 9.10. The van der Waals surface area contributed by atoms with Crippen LogP contribution in [0.15, 0.2) is 24.3 Å². The van der Waals surface area contributed by atoms with E-state index in [4.69, 9.17) is 24.5 Å². The molecule has 0 atom stereocenters. The minimum absolute atomic E-state index is 0.815. The second-order valence-corrected chi connectivity index (χ2v) is 7.02. The van der Waals surface area contributed by atoms with E-state index >= 15 is 0 Å². The Hall–Kier alpha value is -1.96. The fourth-order valence-corrected chi connectivity index (χ4v) is 3.31. The number of fused-ring (bicyclic) bond motifs is 1. The highest BCUT2D eigenvalue weighted by molar-refractivity contribution is 7.19. The van der Waals surface area contributed by atoms with Gasteiger partial charge in [0.25, 0.3) is 0 Å². The van der Waals surface area contributed by atoms with Gasteiger partial charge in [0, 0.05) is 16.1 Å². The zero-order valence-electron chi connectivity index (χ0n) is 15.5. The summed E-state index contributed by atoms with van der Waals surface area (Å²) in [6, 6.07) is 9.03. The number of hydrogen-bond donors (Lipinski definition) is 2. The predicted molar refractivity (Wildman–Crippen MR) is 104 cm³/mol. The average Bonchev–Trinajstić information content (AvgIpc) is 2.98. The third-order valence-corrected chi connectivity index (χ3v) is 4.90. The molecular weight excluding hydrogens is 354 g/mol. The number of carbonyl (C=O) groups is 2. The van der Waals surface area contributed by atoms with Crippen LogP contribution >= 0.6 is 11.3 Å². The van der Waals surface area contributed by atoms with Crippen LogP contribution in [0.2, 0.25) is 0 Å². The van der Waals surface area contributed by atoms with Crippen molar-refractivity contribution in [3.63, 3.8) is 0 Å². The topological polar surface area (TPSA) is 87.1 Å². The Kier molecular flexibility index (Phi) is 9.87. The van der Waals surface area contributed by atoms with Crippen molar-refractivity contribution >= 4 is 33.4 Å². The van der Waals surface area contributed by atoms with E-state index in [0.717, 1.165) is 39.3 Å². The van der Waals surface area contributed by atoms with Gasteiger partial charge in [0.15, 0.2) is 0 Å². The van der Waals surface area contributed by atoms with Crippen molar-refractivity contribution in [3.8, 4) is 0 Å². The molecule has 0 amide bonds. The lowest BCUT2D eigenvalue weighted by atomic mass is 10.1. The Bertz CT molecular complexity index is 697. The largest absolute Gasteiger partial charge is 0.473 e. The van der Waals surface area contributed by atoms with Gasteiger partial charge in [-0.05, 0) is 49.5 Å². The normalized spacial score (nSPS) is 10.6. The van der Waals surface area contributed by atoms with E-state index in [1.165, 1.54) is 20.5 Å². The van der Waals surface area contributed by atoms with Crippen LogP contribution in [0.1, 0.15) is 24.3 Å². The number of hydrogen-bond acceptors (Lipinski definition) is 5. The maximum Gasteiger partial charge on any atom is 0.414 e. The standard InChI is InChI=1S/C17H25NOS.C2H2O4/c1-4-18(5-2)9-11-19-10-8-15-6-7-17-16(13-15)12-14(3)20-17;3-1(4)2(5)6/h6-7,12-13H,4-5,8-11H2,1-3H3;(H,3,4)(H,5,6). The minimum Gasteiger partial charge on any atom is -0.473 e. The Morgan fingerprint density at radius 3 is 2.31 bits per heavy atom. The summed E-state index contributed by atoms with van der Waals surface area (Å²) >= 11 is 1.86. The van der Waals surface area contributed by atoms with Crippen molar-refractivity contribution in [2.24, 2.45) is 0 Å². The molecule has 1 heterocycles. The summed E-state index contributed by atoms with van der Waals surface area (Å²) in [5.41, 5.74) is 1.37. The van der Waals surface area contributed by atoms with Gasteiger partial charge in [-0.2, -0.15) is 0 Å². The van der Waals surface area contributed by atoms with E-state index in [0.29, 0.717) is 0 Å². The first kappa shape index (κ1) is 22.1. The number of ether oxygens (including phenoxy) is 1. The average molecular weight is 381 g/mol. The number of aliphatic carboxylic acids is 2. The summed E-state index contributed by atoms with van der Waals surface area (Å²) in [7, 11) is 0. The first-order chi connectivity index (χ1) is 12.4. The molecular formula is C19H27NO5S. The number of likely N-dealkylation sites (N-methyl/N-ethyl adjacent to an activating group) is 1. The third-order valence-electron chi connectivity index (χ3n) is 3.87. The van der Waals surface area contributed by atoms with Gasteiger partial charge in [-0.1, -0.05) is 26.0 Å². The van der Waals surface area contributed by atoms with Crippen LogP contribution in [0.25, 0.3) is 10.1 Å². The van der Waals surface area contributed by atoms with Crippen molar-refractivity contribution in [2.75, 3.05) is 32.8 Å². The molecule has 0 saturated carbocycles. The molecule has 6 nitrogen and oxygen atoms in total. The first-order valence-electron chi connectivity index (χ1n) is 8.62. The van der Waals surface area contributed by atoms with Gasteiger partial charge in [-0.15, -0.1) is 11.3 Å². The summed E-state index contributed by atoms with van der Waals surface area (Å²) in [5.74, 6) is -3.65. The van der Waals surface area contributed by atoms with E-state index in [1.807, 2.05) is 11.3 Å². The number of thiophene rings is 1. The van der Waals surface area contributed by atoms with E-state index < -0.39 is 11.9 Å². The molecule has 0 bridgehead atoms. The van der Waals surface area contributed by atoms with E-state index in [2.05, 4.69) is 49.9 Å². The highest BCUT2D eigenvalue weighted by atomic mass is 32.1. The van der Waals surface area contributed by atoms with E-state index in [1.54, 1.807) is 0 Å². The molecule has 7 heteroatoms. The SMILES string of the molecule is CCN(CC)CCOCCc1ccc2sc(C)cc2c1.O=C(O)C(=O)O. The zero-order valence-corrected chi connectivity index (χ0v) is 16.3.